The first-order valence-corrected chi connectivity index (χ1v) is 9.51. The van der Waals surface area contributed by atoms with Crippen LogP contribution in [-0.2, 0) is 11.3 Å². The van der Waals surface area contributed by atoms with Crippen molar-refractivity contribution in [1.82, 2.24) is 9.78 Å². The molecule has 0 unspecified atom stereocenters. The topological polar surface area (TPSA) is 84.7 Å². The maximum atomic E-state index is 13.6. The van der Waals surface area contributed by atoms with Gasteiger partial charge in [-0.15, -0.1) is 0 Å². The summed E-state index contributed by atoms with van der Waals surface area (Å²) in [6.45, 7) is 0.770. The molecule has 3 aromatic rings. The normalized spacial score (nSPS) is 10.8. The minimum Gasteiger partial charge on any atom is -0.465 e. The van der Waals surface area contributed by atoms with Gasteiger partial charge in [0.25, 0.3) is 5.56 Å². The Morgan fingerprint density at radius 3 is 2.65 bits per heavy atom. The van der Waals surface area contributed by atoms with Crippen molar-refractivity contribution in [3.8, 4) is 11.3 Å². The third kappa shape index (κ3) is 5.52. The molecule has 0 saturated heterocycles. The van der Waals surface area contributed by atoms with Gasteiger partial charge in [0.15, 0.2) is 11.6 Å². The van der Waals surface area contributed by atoms with E-state index in [9.17, 15) is 23.5 Å². The zero-order valence-electron chi connectivity index (χ0n) is 16.8. The largest absolute Gasteiger partial charge is 0.465 e. The highest BCUT2D eigenvalue weighted by Crippen LogP contribution is 2.20. The zero-order valence-corrected chi connectivity index (χ0v) is 16.8. The van der Waals surface area contributed by atoms with E-state index in [-0.39, 0.29) is 18.6 Å². The number of amides is 1. The number of hydrogen-bond acceptors (Lipinski definition) is 4. The molecule has 0 spiro atoms. The molecule has 1 aromatic heterocycles. The molecule has 0 aliphatic heterocycles. The van der Waals surface area contributed by atoms with Crippen LogP contribution in [0, 0.1) is 11.6 Å². The molecule has 31 heavy (non-hydrogen) atoms. The van der Waals surface area contributed by atoms with Gasteiger partial charge in [-0.25, -0.2) is 18.3 Å². The van der Waals surface area contributed by atoms with Gasteiger partial charge < -0.3 is 9.84 Å². The number of carboxylic acid groups (broad SMARTS) is 1. The van der Waals surface area contributed by atoms with Gasteiger partial charge in [0.05, 0.1) is 12.2 Å². The van der Waals surface area contributed by atoms with E-state index in [0.717, 1.165) is 12.1 Å². The number of ether oxygens (including phenoxy) is 1. The van der Waals surface area contributed by atoms with Crippen LogP contribution in [-0.4, -0.2) is 41.2 Å². The molecule has 0 atom stereocenters. The molecule has 1 N–H and O–H groups in total. The lowest BCUT2D eigenvalue weighted by molar-refractivity contribution is 0.189. The van der Waals surface area contributed by atoms with Crippen LogP contribution < -0.4 is 10.5 Å². The Bertz CT molecular complexity index is 1130. The van der Waals surface area contributed by atoms with Crippen molar-refractivity contribution in [1.29, 1.82) is 0 Å². The summed E-state index contributed by atoms with van der Waals surface area (Å²) in [5.74, 6) is -1.98. The number of nitrogens with zero attached hydrogens (tertiary/aromatic N) is 3. The quantitative estimate of drug-likeness (QED) is 0.551. The summed E-state index contributed by atoms with van der Waals surface area (Å²) in [5.41, 5.74) is 1.38. The summed E-state index contributed by atoms with van der Waals surface area (Å²) < 4.78 is 32.9. The van der Waals surface area contributed by atoms with E-state index < -0.39 is 17.7 Å². The van der Waals surface area contributed by atoms with Gasteiger partial charge in [0.1, 0.15) is 0 Å². The fourth-order valence-corrected chi connectivity index (χ4v) is 3.07. The predicted octanol–water partition coefficient (Wildman–Crippen LogP) is 3.76. The van der Waals surface area contributed by atoms with Crippen molar-refractivity contribution in [3.63, 3.8) is 0 Å². The summed E-state index contributed by atoms with van der Waals surface area (Å²) in [7, 11) is 1.55. The van der Waals surface area contributed by atoms with Crippen molar-refractivity contribution in [3.05, 3.63) is 82.1 Å². The molecule has 3 rings (SSSR count). The van der Waals surface area contributed by atoms with Gasteiger partial charge in [-0.3, -0.25) is 9.69 Å². The van der Waals surface area contributed by atoms with E-state index >= 15 is 0 Å². The van der Waals surface area contributed by atoms with E-state index in [2.05, 4.69) is 5.10 Å². The van der Waals surface area contributed by atoms with Crippen molar-refractivity contribution < 1.29 is 23.4 Å². The number of aromatic nitrogens is 2. The third-order valence-corrected chi connectivity index (χ3v) is 4.60. The second kappa shape index (κ2) is 9.94. The molecule has 7 nitrogen and oxygen atoms in total. The molecule has 0 bridgehead atoms. The van der Waals surface area contributed by atoms with E-state index in [1.54, 1.807) is 31.4 Å². The molecule has 0 aliphatic rings. The zero-order chi connectivity index (χ0) is 22.4. The van der Waals surface area contributed by atoms with Crippen LogP contribution in [0.25, 0.3) is 11.3 Å². The lowest BCUT2D eigenvalue weighted by Crippen LogP contribution is -2.31. The van der Waals surface area contributed by atoms with E-state index in [1.165, 1.54) is 27.8 Å². The summed E-state index contributed by atoms with van der Waals surface area (Å²) in [6.07, 6.45) is -0.562. The standard InChI is InChI=1S/C22H21F2N3O4/c1-31-11-3-10-26(22(29)30)17-5-2-4-15(12-17)14-27-21(28)9-8-20(25-27)16-6-7-18(23)19(24)13-16/h2,4-9,12-13H,3,10-11,14H2,1H3,(H,29,30). The maximum Gasteiger partial charge on any atom is 0.411 e. The van der Waals surface area contributed by atoms with Crippen molar-refractivity contribution in [2.75, 3.05) is 25.2 Å². The molecule has 2 aromatic carbocycles. The van der Waals surface area contributed by atoms with Crippen LogP contribution in [0.3, 0.4) is 0 Å². The number of carbonyl (C=O) groups is 1. The Balaban J connectivity index is 1.87. The minimum atomic E-state index is -1.09. The highest BCUT2D eigenvalue weighted by molar-refractivity contribution is 5.86. The lowest BCUT2D eigenvalue weighted by Gasteiger charge is -2.20. The molecule has 0 saturated carbocycles. The highest BCUT2D eigenvalue weighted by atomic mass is 19.2. The van der Waals surface area contributed by atoms with Gasteiger partial charge in [-0.1, -0.05) is 12.1 Å². The van der Waals surface area contributed by atoms with Crippen molar-refractivity contribution >= 4 is 11.8 Å². The molecular formula is C22H21F2N3O4. The molecular weight excluding hydrogens is 408 g/mol. The summed E-state index contributed by atoms with van der Waals surface area (Å²) in [4.78, 5) is 25.1. The van der Waals surface area contributed by atoms with E-state index in [1.807, 2.05) is 0 Å². The molecule has 9 heteroatoms. The van der Waals surface area contributed by atoms with Crippen LogP contribution in [0.15, 0.2) is 59.4 Å². The van der Waals surface area contributed by atoms with Crippen LogP contribution >= 0.6 is 0 Å². The SMILES string of the molecule is COCCCN(C(=O)O)c1cccc(Cn2nc(-c3ccc(F)c(F)c3)ccc2=O)c1. The Morgan fingerprint density at radius 2 is 1.94 bits per heavy atom. The number of methoxy groups -OCH3 is 1. The van der Waals surface area contributed by atoms with E-state index in [4.69, 9.17) is 4.74 Å². The van der Waals surface area contributed by atoms with Crippen molar-refractivity contribution in [2.24, 2.45) is 0 Å². The van der Waals surface area contributed by atoms with Gasteiger partial charge in [0, 0.05) is 37.6 Å². The first kappa shape index (κ1) is 22.1. The minimum absolute atomic E-state index is 0.0791. The number of halogens is 2. The smallest absolute Gasteiger partial charge is 0.411 e. The summed E-state index contributed by atoms with van der Waals surface area (Å²) >= 11 is 0. The molecule has 162 valence electrons. The average Bonchev–Trinajstić information content (AvgIpc) is 2.75. The molecule has 0 radical (unpaired) electrons. The first-order valence-electron chi connectivity index (χ1n) is 9.51. The van der Waals surface area contributed by atoms with Crippen LogP contribution in [0.2, 0.25) is 0 Å². The maximum absolute atomic E-state index is 13.6. The first-order chi connectivity index (χ1) is 14.9. The van der Waals surface area contributed by atoms with Crippen LogP contribution in [0.4, 0.5) is 19.3 Å². The van der Waals surface area contributed by atoms with Gasteiger partial charge in [-0.2, -0.15) is 5.10 Å². The fraction of sp³-hybridized carbons (Fsp3) is 0.227. The van der Waals surface area contributed by atoms with E-state index in [0.29, 0.717) is 35.5 Å². The summed E-state index contributed by atoms with van der Waals surface area (Å²) in [5, 5.41) is 13.8. The lowest BCUT2D eigenvalue weighted by atomic mass is 10.1. The number of anilines is 1. The Labute approximate surface area is 177 Å². The monoisotopic (exact) mass is 429 g/mol. The highest BCUT2D eigenvalue weighted by Gasteiger charge is 2.15. The number of rotatable bonds is 8. The molecule has 0 aliphatic carbocycles. The van der Waals surface area contributed by atoms with Gasteiger partial charge in [-0.05, 0) is 48.4 Å². The molecule has 1 heterocycles. The molecule has 0 fully saturated rings. The van der Waals surface area contributed by atoms with Gasteiger partial charge in [0.2, 0.25) is 0 Å². The van der Waals surface area contributed by atoms with Crippen LogP contribution in [0.1, 0.15) is 12.0 Å². The predicted molar refractivity (Wildman–Crippen MR) is 111 cm³/mol. The number of hydrogen-bond donors (Lipinski definition) is 1. The summed E-state index contributed by atoms with van der Waals surface area (Å²) in [6, 6.07) is 12.9. The second-order valence-electron chi connectivity index (χ2n) is 6.79. The average molecular weight is 429 g/mol. The Hall–Kier alpha value is -3.59. The second-order valence-corrected chi connectivity index (χ2v) is 6.79. The van der Waals surface area contributed by atoms with Crippen molar-refractivity contribution in [2.45, 2.75) is 13.0 Å². The Kier molecular flexibility index (Phi) is 7.09. The fourth-order valence-electron chi connectivity index (χ4n) is 3.07. The third-order valence-electron chi connectivity index (χ3n) is 4.60. The Morgan fingerprint density at radius 1 is 1.13 bits per heavy atom. The number of benzene rings is 2. The van der Waals surface area contributed by atoms with Gasteiger partial charge >= 0.3 is 6.09 Å². The molecule has 1 amide bonds. The van der Waals surface area contributed by atoms with Crippen LogP contribution in [0.5, 0.6) is 0 Å².